The van der Waals surface area contributed by atoms with E-state index in [1.165, 1.54) is 29.6 Å². The molecule has 1 unspecified atom stereocenters. The summed E-state index contributed by atoms with van der Waals surface area (Å²) in [5.41, 5.74) is 6.91. The van der Waals surface area contributed by atoms with Crippen LogP contribution in [0, 0.1) is 12.8 Å². The Balaban J connectivity index is 0.00000199. The molecule has 186 valence electrons. The van der Waals surface area contributed by atoms with E-state index in [9.17, 15) is 4.79 Å². The Morgan fingerprint density at radius 1 is 1.15 bits per heavy atom. The van der Waals surface area contributed by atoms with Gasteiger partial charge >= 0.3 is 0 Å². The predicted molar refractivity (Wildman–Crippen MR) is 147 cm³/mol. The molecule has 0 radical (unpaired) electrons. The molecule has 2 heterocycles. The van der Waals surface area contributed by atoms with E-state index in [1.54, 1.807) is 6.08 Å². The maximum Gasteiger partial charge on any atom is 0.251 e. The minimum atomic E-state index is 0.0512. The van der Waals surface area contributed by atoms with Crippen LogP contribution in [0.25, 0.3) is 5.57 Å². The fraction of sp³-hybridized carbons (Fsp3) is 0.533. The zero-order valence-electron chi connectivity index (χ0n) is 22.7. The van der Waals surface area contributed by atoms with Gasteiger partial charge in [-0.15, -0.1) is 0 Å². The number of amides is 1. The zero-order chi connectivity index (χ0) is 25.3. The normalized spacial score (nSPS) is 20.1. The van der Waals surface area contributed by atoms with Crippen LogP contribution >= 0.6 is 0 Å². The SMILES string of the molecule is CC.CCN=Cc1cc(/C(C)=C/C(=O)N2C=C(C3CCN(CC)CC3)C=C(C)C2C)ccc1C. The molecule has 1 saturated heterocycles. The van der Waals surface area contributed by atoms with Gasteiger partial charge in [0.2, 0.25) is 0 Å². The van der Waals surface area contributed by atoms with Gasteiger partial charge < -0.3 is 9.80 Å². The van der Waals surface area contributed by atoms with Gasteiger partial charge in [0.05, 0.1) is 6.04 Å². The Hall–Kier alpha value is -2.46. The molecule has 0 aliphatic carbocycles. The molecule has 4 heteroatoms. The second-order valence-corrected chi connectivity index (χ2v) is 9.17. The third-order valence-electron chi connectivity index (χ3n) is 7.01. The highest BCUT2D eigenvalue weighted by atomic mass is 16.2. The van der Waals surface area contributed by atoms with Crippen molar-refractivity contribution in [3.05, 3.63) is 64.4 Å². The number of hydrogen-bond donors (Lipinski definition) is 0. The van der Waals surface area contributed by atoms with E-state index in [2.05, 4.69) is 68.1 Å². The number of aryl methyl sites for hydroxylation is 1. The van der Waals surface area contributed by atoms with Gasteiger partial charge in [-0.05, 0) is 107 Å². The van der Waals surface area contributed by atoms with Crippen LogP contribution < -0.4 is 0 Å². The number of benzene rings is 1. The van der Waals surface area contributed by atoms with E-state index in [0.29, 0.717) is 5.92 Å². The number of hydrogen-bond acceptors (Lipinski definition) is 3. The molecule has 0 aromatic heterocycles. The average Bonchev–Trinajstić information content (AvgIpc) is 2.86. The van der Waals surface area contributed by atoms with Crippen molar-refractivity contribution in [3.63, 3.8) is 0 Å². The monoisotopic (exact) mass is 463 g/mol. The van der Waals surface area contributed by atoms with Crippen LogP contribution in [0.2, 0.25) is 0 Å². The highest BCUT2D eigenvalue weighted by Crippen LogP contribution is 2.31. The fourth-order valence-corrected chi connectivity index (χ4v) is 4.53. The van der Waals surface area contributed by atoms with Crippen LogP contribution in [0.4, 0.5) is 0 Å². The molecule has 0 spiro atoms. The summed E-state index contributed by atoms with van der Waals surface area (Å²) >= 11 is 0. The summed E-state index contributed by atoms with van der Waals surface area (Å²) in [5, 5.41) is 0. The van der Waals surface area contributed by atoms with Crippen molar-refractivity contribution in [3.8, 4) is 0 Å². The van der Waals surface area contributed by atoms with Gasteiger partial charge in [0.1, 0.15) is 0 Å². The molecule has 1 amide bonds. The van der Waals surface area contributed by atoms with Gasteiger partial charge in [-0.25, -0.2) is 0 Å². The maximum absolute atomic E-state index is 13.3. The van der Waals surface area contributed by atoms with Gasteiger partial charge in [-0.3, -0.25) is 9.79 Å². The van der Waals surface area contributed by atoms with Crippen LogP contribution in [0.15, 0.2) is 52.7 Å². The Morgan fingerprint density at radius 3 is 2.44 bits per heavy atom. The lowest BCUT2D eigenvalue weighted by Crippen LogP contribution is -2.38. The molecule has 4 nitrogen and oxygen atoms in total. The lowest BCUT2D eigenvalue weighted by atomic mass is 9.86. The number of allylic oxidation sites excluding steroid dienone is 3. The van der Waals surface area contributed by atoms with E-state index < -0.39 is 0 Å². The highest BCUT2D eigenvalue weighted by molar-refractivity contribution is 5.96. The average molecular weight is 464 g/mol. The van der Waals surface area contributed by atoms with Gasteiger partial charge in [0.15, 0.2) is 0 Å². The summed E-state index contributed by atoms with van der Waals surface area (Å²) in [6.07, 6.45) is 10.5. The Labute approximate surface area is 208 Å². The standard InChI is InChI=1S/C28H39N3O.C2H6/c1-7-29-18-26-17-25(10-9-20(26)3)22(5)16-28(32)31-19-27(15-21(4)23(31)6)24-11-13-30(8-2)14-12-24;1-2/h9-10,15-19,23-24H,7-8,11-14H2,1-6H3;1-2H3/b22-16+,29-18?;. The molecule has 34 heavy (non-hydrogen) atoms. The molecule has 1 fully saturated rings. The Bertz CT molecular complexity index is 946. The Morgan fingerprint density at radius 2 is 1.82 bits per heavy atom. The van der Waals surface area contributed by atoms with Crippen LogP contribution in [0.5, 0.6) is 0 Å². The molecule has 0 N–H and O–H groups in total. The van der Waals surface area contributed by atoms with Crippen molar-refractivity contribution in [1.82, 2.24) is 9.80 Å². The van der Waals surface area contributed by atoms with Gasteiger partial charge in [0, 0.05) is 25.0 Å². The zero-order valence-corrected chi connectivity index (χ0v) is 22.7. The van der Waals surface area contributed by atoms with E-state index in [4.69, 9.17) is 0 Å². The summed E-state index contributed by atoms with van der Waals surface area (Å²) < 4.78 is 0. The van der Waals surface area contributed by atoms with Crippen LogP contribution in [0.1, 0.15) is 78.0 Å². The number of likely N-dealkylation sites (tertiary alicyclic amines) is 1. The smallest absolute Gasteiger partial charge is 0.251 e. The van der Waals surface area contributed by atoms with Crippen molar-refractivity contribution in [1.29, 1.82) is 0 Å². The van der Waals surface area contributed by atoms with Crippen molar-refractivity contribution in [2.45, 2.75) is 74.3 Å². The molecule has 0 saturated carbocycles. The summed E-state index contributed by atoms with van der Waals surface area (Å²) in [5.74, 6) is 0.591. The number of rotatable bonds is 6. The topological polar surface area (TPSA) is 35.9 Å². The first-order chi connectivity index (χ1) is 16.3. The molecule has 1 atom stereocenters. The molecule has 1 aromatic carbocycles. The number of carbonyl (C=O) groups excluding carboxylic acids is 1. The lowest BCUT2D eigenvalue weighted by molar-refractivity contribution is -0.124. The maximum atomic E-state index is 13.3. The molecule has 1 aromatic rings. The lowest BCUT2D eigenvalue weighted by Gasteiger charge is -2.36. The quantitative estimate of drug-likeness (QED) is 0.349. The molecule has 0 bridgehead atoms. The largest absolute Gasteiger partial charge is 0.308 e. The predicted octanol–water partition coefficient (Wildman–Crippen LogP) is 6.66. The molecule has 2 aliphatic rings. The summed E-state index contributed by atoms with van der Waals surface area (Å²) in [7, 11) is 0. The number of carbonyl (C=O) groups is 1. The van der Waals surface area contributed by atoms with Crippen molar-refractivity contribution >= 4 is 17.7 Å². The summed E-state index contributed by atoms with van der Waals surface area (Å²) in [6.45, 7) is 20.8. The van der Waals surface area contributed by atoms with E-state index in [1.807, 2.05) is 38.8 Å². The fourth-order valence-electron chi connectivity index (χ4n) is 4.53. The minimum Gasteiger partial charge on any atom is -0.308 e. The summed E-state index contributed by atoms with van der Waals surface area (Å²) in [6, 6.07) is 6.40. The Kier molecular flexibility index (Phi) is 11.0. The molecule has 2 aliphatic heterocycles. The van der Waals surface area contributed by atoms with Crippen molar-refractivity contribution in [2.75, 3.05) is 26.2 Å². The highest BCUT2D eigenvalue weighted by Gasteiger charge is 2.27. The van der Waals surface area contributed by atoms with Crippen molar-refractivity contribution in [2.24, 2.45) is 10.9 Å². The molecular formula is C30H45N3O. The van der Waals surface area contributed by atoms with E-state index in [0.717, 1.165) is 42.9 Å². The summed E-state index contributed by atoms with van der Waals surface area (Å²) in [4.78, 5) is 22.1. The molecule has 3 rings (SSSR count). The van der Waals surface area contributed by atoms with Crippen molar-refractivity contribution < 1.29 is 4.79 Å². The van der Waals surface area contributed by atoms with E-state index >= 15 is 0 Å². The third-order valence-corrected chi connectivity index (χ3v) is 7.01. The number of nitrogens with zero attached hydrogens (tertiary/aromatic N) is 3. The second-order valence-electron chi connectivity index (χ2n) is 9.17. The number of piperidine rings is 1. The van der Waals surface area contributed by atoms with Gasteiger partial charge in [0.25, 0.3) is 5.91 Å². The van der Waals surface area contributed by atoms with E-state index in [-0.39, 0.29) is 11.9 Å². The van der Waals surface area contributed by atoms with Crippen LogP contribution in [-0.2, 0) is 4.79 Å². The van der Waals surface area contributed by atoms with Crippen LogP contribution in [-0.4, -0.2) is 54.1 Å². The number of aliphatic imine (C=N–C) groups is 1. The van der Waals surface area contributed by atoms with Gasteiger partial charge in [-0.1, -0.05) is 44.6 Å². The van der Waals surface area contributed by atoms with Gasteiger partial charge in [-0.2, -0.15) is 0 Å². The first-order valence-corrected chi connectivity index (χ1v) is 13.1. The van der Waals surface area contributed by atoms with Crippen LogP contribution in [0.3, 0.4) is 0 Å². The first kappa shape index (κ1) is 27.8. The second kappa shape index (κ2) is 13.4. The first-order valence-electron chi connectivity index (χ1n) is 13.1. The minimum absolute atomic E-state index is 0.0512. The molecular weight excluding hydrogens is 418 g/mol. The third kappa shape index (κ3) is 7.02.